The quantitative estimate of drug-likeness (QED) is 0.663. The SMILES string of the molecule is CCSc1cccc(N2CCCC(C)(OC)C2)c1C(N)=S. The molecule has 1 aliphatic heterocycles. The first-order chi connectivity index (χ1) is 10.0. The number of hydrogen-bond donors (Lipinski definition) is 1. The molecule has 0 aliphatic carbocycles. The molecule has 1 aromatic carbocycles. The number of methoxy groups -OCH3 is 1. The van der Waals surface area contributed by atoms with Crippen molar-refractivity contribution in [1.29, 1.82) is 0 Å². The Morgan fingerprint density at radius 2 is 2.29 bits per heavy atom. The molecule has 0 amide bonds. The van der Waals surface area contributed by atoms with E-state index in [2.05, 4.69) is 36.9 Å². The van der Waals surface area contributed by atoms with Crippen LogP contribution in [0, 0.1) is 0 Å². The largest absolute Gasteiger partial charge is 0.389 e. The first kappa shape index (κ1) is 16.6. The summed E-state index contributed by atoms with van der Waals surface area (Å²) in [5.74, 6) is 1.01. The first-order valence-corrected chi connectivity index (χ1v) is 8.76. The Labute approximate surface area is 137 Å². The molecule has 0 spiro atoms. The second-order valence-electron chi connectivity index (χ2n) is 5.63. The van der Waals surface area contributed by atoms with Crippen molar-refractivity contribution in [2.75, 3.05) is 30.9 Å². The molecule has 1 heterocycles. The number of benzene rings is 1. The monoisotopic (exact) mass is 324 g/mol. The molecule has 1 unspecified atom stereocenters. The molecule has 0 aromatic heterocycles. The van der Waals surface area contributed by atoms with Gasteiger partial charge in [-0.3, -0.25) is 0 Å². The van der Waals surface area contributed by atoms with E-state index in [0.29, 0.717) is 4.99 Å². The van der Waals surface area contributed by atoms with Gasteiger partial charge in [0.1, 0.15) is 4.99 Å². The second kappa shape index (κ2) is 6.99. The fourth-order valence-electron chi connectivity index (χ4n) is 2.88. The lowest BCUT2D eigenvalue weighted by atomic mass is 9.94. The zero-order valence-corrected chi connectivity index (χ0v) is 14.6. The molecule has 0 saturated carbocycles. The number of piperidine rings is 1. The van der Waals surface area contributed by atoms with Crippen molar-refractivity contribution in [3.05, 3.63) is 23.8 Å². The normalized spacial score (nSPS) is 22.3. The van der Waals surface area contributed by atoms with Gasteiger partial charge in [0.2, 0.25) is 0 Å². The molecule has 2 rings (SSSR count). The number of nitrogens with zero attached hydrogens (tertiary/aromatic N) is 1. The van der Waals surface area contributed by atoms with Gasteiger partial charge in [0, 0.05) is 36.3 Å². The van der Waals surface area contributed by atoms with E-state index in [1.54, 1.807) is 18.9 Å². The van der Waals surface area contributed by atoms with Crippen molar-refractivity contribution in [3.8, 4) is 0 Å². The molecular weight excluding hydrogens is 300 g/mol. The van der Waals surface area contributed by atoms with Crippen molar-refractivity contribution in [2.45, 2.75) is 37.2 Å². The van der Waals surface area contributed by atoms with E-state index in [0.717, 1.165) is 42.9 Å². The van der Waals surface area contributed by atoms with Gasteiger partial charge in [0.15, 0.2) is 0 Å². The standard InChI is InChI=1S/C16H24N2OS2/c1-4-21-13-8-5-7-12(14(13)15(17)20)18-10-6-9-16(2,11-18)19-3/h5,7-8H,4,6,9-11H2,1-3H3,(H2,17,20). The number of thiocarbonyl (C=S) groups is 1. The molecule has 0 radical (unpaired) electrons. The van der Waals surface area contributed by atoms with Gasteiger partial charge < -0.3 is 15.4 Å². The summed E-state index contributed by atoms with van der Waals surface area (Å²) in [4.78, 5) is 4.01. The number of ether oxygens (including phenoxy) is 1. The van der Waals surface area contributed by atoms with Crippen LogP contribution >= 0.6 is 24.0 Å². The highest BCUT2D eigenvalue weighted by molar-refractivity contribution is 7.99. The van der Waals surface area contributed by atoms with Crippen LogP contribution < -0.4 is 10.6 Å². The van der Waals surface area contributed by atoms with Gasteiger partial charge >= 0.3 is 0 Å². The minimum atomic E-state index is -0.0976. The number of anilines is 1. The van der Waals surface area contributed by atoms with Gasteiger partial charge in [-0.05, 0) is 37.7 Å². The summed E-state index contributed by atoms with van der Waals surface area (Å²) >= 11 is 7.10. The second-order valence-corrected chi connectivity index (χ2v) is 7.37. The van der Waals surface area contributed by atoms with E-state index < -0.39 is 0 Å². The van der Waals surface area contributed by atoms with Gasteiger partial charge in [-0.25, -0.2) is 0 Å². The summed E-state index contributed by atoms with van der Waals surface area (Å²) in [5, 5.41) is 0. The van der Waals surface area contributed by atoms with E-state index in [4.69, 9.17) is 22.7 Å². The summed E-state index contributed by atoms with van der Waals surface area (Å²) < 4.78 is 5.70. The summed E-state index contributed by atoms with van der Waals surface area (Å²) in [6.45, 7) is 6.21. The third-order valence-corrected chi connectivity index (χ3v) is 5.19. The van der Waals surface area contributed by atoms with Gasteiger partial charge in [-0.2, -0.15) is 0 Å². The van der Waals surface area contributed by atoms with Crippen molar-refractivity contribution >= 4 is 34.7 Å². The number of hydrogen-bond acceptors (Lipinski definition) is 4. The van der Waals surface area contributed by atoms with Crippen molar-refractivity contribution in [3.63, 3.8) is 0 Å². The average molecular weight is 325 g/mol. The van der Waals surface area contributed by atoms with Gasteiger partial charge in [-0.15, -0.1) is 11.8 Å². The third-order valence-electron chi connectivity index (χ3n) is 4.04. The van der Waals surface area contributed by atoms with E-state index in [9.17, 15) is 0 Å². The lowest BCUT2D eigenvalue weighted by Crippen LogP contribution is -2.48. The molecule has 1 atom stereocenters. The lowest BCUT2D eigenvalue weighted by Gasteiger charge is -2.41. The fraction of sp³-hybridized carbons (Fsp3) is 0.562. The van der Waals surface area contributed by atoms with Crippen LogP contribution in [0.4, 0.5) is 5.69 Å². The Kier molecular flexibility index (Phi) is 5.52. The highest BCUT2D eigenvalue weighted by Gasteiger charge is 2.32. The minimum absolute atomic E-state index is 0.0976. The van der Waals surface area contributed by atoms with Crippen molar-refractivity contribution in [1.82, 2.24) is 0 Å². The van der Waals surface area contributed by atoms with Crippen LogP contribution in [0.1, 0.15) is 32.3 Å². The zero-order valence-electron chi connectivity index (χ0n) is 13.0. The summed E-state index contributed by atoms with van der Waals surface area (Å²) in [6, 6.07) is 6.31. The fourth-order valence-corrected chi connectivity index (χ4v) is 4.01. The molecule has 1 aromatic rings. The van der Waals surface area contributed by atoms with E-state index in [1.165, 1.54) is 4.90 Å². The highest BCUT2D eigenvalue weighted by Crippen LogP contribution is 2.34. The maximum absolute atomic E-state index is 6.01. The van der Waals surface area contributed by atoms with E-state index in [-0.39, 0.29) is 5.60 Å². The van der Waals surface area contributed by atoms with Crippen LogP contribution in [0.3, 0.4) is 0 Å². The molecule has 1 saturated heterocycles. The van der Waals surface area contributed by atoms with Gasteiger partial charge in [0.25, 0.3) is 0 Å². The molecule has 5 heteroatoms. The average Bonchev–Trinajstić information content (AvgIpc) is 2.47. The van der Waals surface area contributed by atoms with Gasteiger partial charge in [-0.1, -0.05) is 25.2 Å². The van der Waals surface area contributed by atoms with Crippen LogP contribution in [0.25, 0.3) is 0 Å². The van der Waals surface area contributed by atoms with Crippen LogP contribution in [-0.4, -0.2) is 36.5 Å². The summed E-state index contributed by atoms with van der Waals surface area (Å²) in [7, 11) is 1.79. The predicted octanol–water partition coefficient (Wildman–Crippen LogP) is 3.44. The molecule has 116 valence electrons. The Hall–Kier alpha value is -0.780. The molecular formula is C16H24N2OS2. The molecule has 1 aliphatic rings. The smallest absolute Gasteiger partial charge is 0.107 e. The van der Waals surface area contributed by atoms with Crippen LogP contribution in [0.15, 0.2) is 23.1 Å². The van der Waals surface area contributed by atoms with Crippen LogP contribution in [0.2, 0.25) is 0 Å². The number of rotatable bonds is 5. The maximum Gasteiger partial charge on any atom is 0.107 e. The Balaban J connectivity index is 2.38. The molecule has 3 nitrogen and oxygen atoms in total. The molecule has 2 N–H and O–H groups in total. The molecule has 0 bridgehead atoms. The Bertz CT molecular complexity index is 521. The van der Waals surface area contributed by atoms with Gasteiger partial charge in [0.05, 0.1) is 5.60 Å². The third kappa shape index (κ3) is 3.71. The number of nitrogens with two attached hydrogens (primary N) is 1. The molecule has 1 fully saturated rings. The van der Waals surface area contributed by atoms with Crippen molar-refractivity contribution in [2.24, 2.45) is 5.73 Å². The Morgan fingerprint density at radius 3 is 2.90 bits per heavy atom. The highest BCUT2D eigenvalue weighted by atomic mass is 32.2. The summed E-state index contributed by atoms with van der Waals surface area (Å²) in [5.41, 5.74) is 8.07. The topological polar surface area (TPSA) is 38.5 Å². The van der Waals surface area contributed by atoms with Crippen LogP contribution in [-0.2, 0) is 4.74 Å². The maximum atomic E-state index is 6.01. The molecule has 21 heavy (non-hydrogen) atoms. The number of thioether (sulfide) groups is 1. The van der Waals surface area contributed by atoms with Crippen LogP contribution in [0.5, 0.6) is 0 Å². The first-order valence-electron chi connectivity index (χ1n) is 7.36. The van der Waals surface area contributed by atoms with Crippen molar-refractivity contribution < 1.29 is 4.74 Å². The van der Waals surface area contributed by atoms with E-state index >= 15 is 0 Å². The predicted molar refractivity (Wildman–Crippen MR) is 95.6 cm³/mol. The summed E-state index contributed by atoms with van der Waals surface area (Å²) in [6.07, 6.45) is 2.21. The Morgan fingerprint density at radius 1 is 1.52 bits per heavy atom. The zero-order chi connectivity index (χ0) is 15.5. The van der Waals surface area contributed by atoms with E-state index in [1.807, 2.05) is 0 Å². The lowest BCUT2D eigenvalue weighted by molar-refractivity contribution is -0.00466. The minimum Gasteiger partial charge on any atom is -0.389 e.